The minimum atomic E-state index is -0.00790. The van der Waals surface area contributed by atoms with Gasteiger partial charge in [0.2, 0.25) is 5.91 Å². The van der Waals surface area contributed by atoms with Crippen LogP contribution in [-0.4, -0.2) is 27.7 Å². The molecule has 2 N–H and O–H groups in total. The van der Waals surface area contributed by atoms with E-state index in [1.165, 1.54) is 11.9 Å². The average Bonchev–Trinajstić information content (AvgIpc) is 3.31. The van der Waals surface area contributed by atoms with Crippen LogP contribution in [0.1, 0.15) is 17.5 Å². The SMILES string of the molecule is O=C(CCc1ccc2c(c1)CCO2)Nc1cccc(-c2ncn[nH]2)c1. The standard InChI is InChI=1S/C19H18N4O2/c24-18(7-5-13-4-6-17-14(10-13)8-9-25-17)22-16-3-1-2-15(11-16)19-20-12-21-23-19/h1-4,6,10-12H,5,7-9H2,(H,22,24)(H,20,21,23). The molecule has 6 heteroatoms. The molecule has 1 aliphatic rings. The second-order valence-electron chi connectivity index (χ2n) is 6.00. The van der Waals surface area contributed by atoms with E-state index in [4.69, 9.17) is 4.74 Å². The molecule has 0 bridgehead atoms. The highest BCUT2D eigenvalue weighted by molar-refractivity contribution is 5.91. The molecule has 2 heterocycles. The molecule has 126 valence electrons. The molecular weight excluding hydrogens is 316 g/mol. The average molecular weight is 334 g/mol. The molecule has 0 radical (unpaired) electrons. The van der Waals surface area contributed by atoms with E-state index in [0.29, 0.717) is 18.7 Å². The highest BCUT2D eigenvalue weighted by Crippen LogP contribution is 2.26. The maximum Gasteiger partial charge on any atom is 0.224 e. The number of fused-ring (bicyclic) bond motifs is 1. The van der Waals surface area contributed by atoms with Crippen molar-refractivity contribution in [1.82, 2.24) is 15.2 Å². The van der Waals surface area contributed by atoms with Gasteiger partial charge in [0.1, 0.15) is 12.1 Å². The Morgan fingerprint density at radius 1 is 1.24 bits per heavy atom. The number of hydrogen-bond donors (Lipinski definition) is 2. The van der Waals surface area contributed by atoms with Gasteiger partial charge < -0.3 is 10.1 Å². The van der Waals surface area contributed by atoms with Crippen LogP contribution < -0.4 is 10.1 Å². The van der Waals surface area contributed by atoms with Crippen molar-refractivity contribution in [2.45, 2.75) is 19.3 Å². The first-order chi connectivity index (χ1) is 12.3. The third kappa shape index (κ3) is 3.52. The molecule has 3 aromatic rings. The molecule has 0 saturated heterocycles. The lowest BCUT2D eigenvalue weighted by Gasteiger charge is -2.07. The second-order valence-corrected chi connectivity index (χ2v) is 6.00. The maximum absolute atomic E-state index is 12.2. The van der Waals surface area contributed by atoms with Gasteiger partial charge in [-0.1, -0.05) is 24.3 Å². The quantitative estimate of drug-likeness (QED) is 0.752. The molecule has 1 amide bonds. The zero-order valence-corrected chi connectivity index (χ0v) is 13.7. The molecule has 0 spiro atoms. The number of carbonyl (C=O) groups is 1. The number of ether oxygens (including phenoxy) is 1. The topological polar surface area (TPSA) is 79.9 Å². The smallest absolute Gasteiger partial charge is 0.224 e. The van der Waals surface area contributed by atoms with Gasteiger partial charge >= 0.3 is 0 Å². The summed E-state index contributed by atoms with van der Waals surface area (Å²) >= 11 is 0. The van der Waals surface area contributed by atoms with Crippen molar-refractivity contribution in [2.24, 2.45) is 0 Å². The number of anilines is 1. The lowest BCUT2D eigenvalue weighted by molar-refractivity contribution is -0.116. The molecular formula is C19H18N4O2. The summed E-state index contributed by atoms with van der Waals surface area (Å²) in [6, 6.07) is 13.7. The van der Waals surface area contributed by atoms with Crippen LogP contribution in [0.4, 0.5) is 5.69 Å². The minimum absolute atomic E-state index is 0.00790. The first kappa shape index (κ1) is 15.4. The number of hydrogen-bond acceptors (Lipinski definition) is 4. The van der Waals surface area contributed by atoms with Crippen LogP contribution in [0.5, 0.6) is 5.75 Å². The molecule has 4 rings (SSSR count). The molecule has 2 aromatic carbocycles. The molecule has 0 unspecified atom stereocenters. The van der Waals surface area contributed by atoms with Gasteiger partial charge in [-0.25, -0.2) is 4.98 Å². The van der Waals surface area contributed by atoms with Crippen LogP contribution in [0.15, 0.2) is 48.8 Å². The van der Waals surface area contributed by atoms with Crippen LogP contribution in [0.2, 0.25) is 0 Å². The predicted molar refractivity (Wildman–Crippen MR) is 94.4 cm³/mol. The Hall–Kier alpha value is -3.15. The highest BCUT2D eigenvalue weighted by atomic mass is 16.5. The van der Waals surface area contributed by atoms with E-state index in [9.17, 15) is 4.79 Å². The van der Waals surface area contributed by atoms with Crippen molar-refractivity contribution in [3.8, 4) is 17.1 Å². The van der Waals surface area contributed by atoms with Crippen molar-refractivity contribution in [3.05, 3.63) is 59.9 Å². The van der Waals surface area contributed by atoms with Crippen LogP contribution in [0, 0.1) is 0 Å². The molecule has 0 aliphatic carbocycles. The lowest BCUT2D eigenvalue weighted by atomic mass is 10.0. The molecule has 1 aromatic heterocycles. The van der Waals surface area contributed by atoms with E-state index in [-0.39, 0.29) is 5.91 Å². The van der Waals surface area contributed by atoms with Gasteiger partial charge in [0.15, 0.2) is 5.82 Å². The van der Waals surface area contributed by atoms with Gasteiger partial charge in [0.25, 0.3) is 0 Å². The molecule has 0 fully saturated rings. The molecule has 25 heavy (non-hydrogen) atoms. The van der Waals surface area contributed by atoms with Crippen LogP contribution >= 0.6 is 0 Å². The molecule has 1 aliphatic heterocycles. The van der Waals surface area contributed by atoms with Gasteiger partial charge in [-0.3, -0.25) is 9.89 Å². The van der Waals surface area contributed by atoms with E-state index in [1.807, 2.05) is 36.4 Å². The first-order valence-corrected chi connectivity index (χ1v) is 8.28. The van der Waals surface area contributed by atoms with Crippen molar-refractivity contribution in [1.29, 1.82) is 0 Å². The van der Waals surface area contributed by atoms with Crippen molar-refractivity contribution in [3.63, 3.8) is 0 Å². The normalized spacial score (nSPS) is 12.5. The highest BCUT2D eigenvalue weighted by Gasteiger charge is 2.12. The minimum Gasteiger partial charge on any atom is -0.493 e. The van der Waals surface area contributed by atoms with Crippen LogP contribution in [-0.2, 0) is 17.6 Å². The van der Waals surface area contributed by atoms with Crippen molar-refractivity contribution >= 4 is 11.6 Å². The summed E-state index contributed by atoms with van der Waals surface area (Å²) in [6.07, 6.45) is 3.55. The molecule has 6 nitrogen and oxygen atoms in total. The van der Waals surface area contributed by atoms with Crippen LogP contribution in [0.25, 0.3) is 11.4 Å². The number of carbonyl (C=O) groups excluding carboxylic acids is 1. The Morgan fingerprint density at radius 2 is 2.20 bits per heavy atom. The summed E-state index contributed by atoms with van der Waals surface area (Å²) in [5, 5.41) is 9.60. The van der Waals surface area contributed by atoms with Crippen molar-refractivity contribution < 1.29 is 9.53 Å². The Balaban J connectivity index is 1.37. The number of amides is 1. The fourth-order valence-electron chi connectivity index (χ4n) is 2.97. The van der Waals surface area contributed by atoms with E-state index >= 15 is 0 Å². The Kier molecular flexibility index (Phi) is 4.16. The van der Waals surface area contributed by atoms with E-state index in [2.05, 4.69) is 26.6 Å². The predicted octanol–water partition coefficient (Wildman–Crippen LogP) is 2.98. The third-order valence-corrected chi connectivity index (χ3v) is 4.23. The monoisotopic (exact) mass is 334 g/mol. The zero-order chi connectivity index (χ0) is 17.1. The summed E-state index contributed by atoms with van der Waals surface area (Å²) < 4.78 is 5.51. The molecule has 0 saturated carbocycles. The van der Waals surface area contributed by atoms with E-state index in [0.717, 1.165) is 35.6 Å². The summed E-state index contributed by atoms with van der Waals surface area (Å²) in [7, 11) is 0. The van der Waals surface area contributed by atoms with E-state index in [1.54, 1.807) is 0 Å². The summed E-state index contributed by atoms with van der Waals surface area (Å²) in [5.74, 6) is 1.64. The summed E-state index contributed by atoms with van der Waals surface area (Å²) in [6.45, 7) is 0.751. The first-order valence-electron chi connectivity index (χ1n) is 8.28. The fourth-order valence-corrected chi connectivity index (χ4v) is 2.97. The van der Waals surface area contributed by atoms with E-state index < -0.39 is 0 Å². The number of nitrogens with zero attached hydrogens (tertiary/aromatic N) is 2. The van der Waals surface area contributed by atoms with Crippen molar-refractivity contribution in [2.75, 3.05) is 11.9 Å². The fraction of sp³-hybridized carbons (Fsp3) is 0.211. The molecule has 0 atom stereocenters. The van der Waals surface area contributed by atoms with Gasteiger partial charge in [-0.15, -0.1) is 0 Å². The summed E-state index contributed by atoms with van der Waals surface area (Å²) in [5.41, 5.74) is 4.03. The van der Waals surface area contributed by atoms with Crippen LogP contribution in [0.3, 0.4) is 0 Å². The number of aryl methyl sites for hydroxylation is 1. The lowest BCUT2D eigenvalue weighted by Crippen LogP contribution is -2.12. The maximum atomic E-state index is 12.2. The Bertz CT molecular complexity index is 890. The zero-order valence-electron chi connectivity index (χ0n) is 13.7. The van der Waals surface area contributed by atoms with Gasteiger partial charge in [0.05, 0.1) is 6.61 Å². The largest absolute Gasteiger partial charge is 0.493 e. The number of H-pyrrole nitrogens is 1. The number of rotatable bonds is 5. The van der Waals surface area contributed by atoms with Gasteiger partial charge in [-0.2, -0.15) is 5.10 Å². The Morgan fingerprint density at radius 3 is 3.08 bits per heavy atom. The number of nitrogens with one attached hydrogen (secondary N) is 2. The number of aromatic nitrogens is 3. The summed E-state index contributed by atoms with van der Waals surface area (Å²) in [4.78, 5) is 16.4. The third-order valence-electron chi connectivity index (χ3n) is 4.23. The Labute approximate surface area is 145 Å². The number of benzene rings is 2. The van der Waals surface area contributed by atoms with Gasteiger partial charge in [0, 0.05) is 24.1 Å². The van der Waals surface area contributed by atoms with Gasteiger partial charge in [-0.05, 0) is 35.7 Å². The second kappa shape index (κ2) is 6.76. The number of aromatic amines is 1.